The second-order valence-corrected chi connectivity index (χ2v) is 7.21. The molecule has 3 rings (SSSR count). The van der Waals surface area contributed by atoms with Crippen molar-refractivity contribution in [2.45, 2.75) is 19.1 Å². The number of aromatic nitrogens is 1. The Morgan fingerprint density at radius 3 is 2.40 bits per heavy atom. The molecular weight excluding hydrogens is 425 g/mol. The van der Waals surface area contributed by atoms with Crippen LogP contribution < -0.4 is 5.32 Å². The minimum Gasteiger partial charge on any atom is -0.332 e. The summed E-state index contributed by atoms with van der Waals surface area (Å²) < 4.78 is 65.1. The van der Waals surface area contributed by atoms with Crippen molar-refractivity contribution in [1.29, 1.82) is 5.26 Å². The summed E-state index contributed by atoms with van der Waals surface area (Å²) in [4.78, 5) is 16.9. The number of thiazole rings is 1. The fraction of sp³-hybridized carbons (Fsp3) is 0.150. The maximum absolute atomic E-state index is 13.9. The predicted molar refractivity (Wildman–Crippen MR) is 99.5 cm³/mol. The van der Waals surface area contributed by atoms with Gasteiger partial charge in [-0.1, -0.05) is 18.2 Å². The topological polar surface area (TPSA) is 65.8 Å². The van der Waals surface area contributed by atoms with Gasteiger partial charge in [-0.05, 0) is 25.1 Å². The monoisotopic (exact) mass is 437 g/mol. The minimum atomic E-state index is -4.47. The van der Waals surface area contributed by atoms with Gasteiger partial charge in [-0.3, -0.25) is 4.79 Å². The average Bonchev–Trinajstić information content (AvgIpc) is 3.08. The number of nitriles is 1. The van der Waals surface area contributed by atoms with Crippen molar-refractivity contribution in [2.24, 2.45) is 0 Å². The van der Waals surface area contributed by atoms with Gasteiger partial charge < -0.3 is 5.32 Å². The molecule has 0 aliphatic heterocycles. The highest BCUT2D eigenvalue weighted by Crippen LogP contribution is 2.33. The van der Waals surface area contributed by atoms with Crippen LogP contribution in [0.25, 0.3) is 10.6 Å². The Balaban J connectivity index is 1.84. The lowest BCUT2D eigenvalue weighted by molar-refractivity contribution is -0.137. The zero-order valence-electron chi connectivity index (χ0n) is 15.2. The van der Waals surface area contributed by atoms with E-state index in [2.05, 4.69) is 10.3 Å². The fourth-order valence-electron chi connectivity index (χ4n) is 2.64. The lowest BCUT2D eigenvalue weighted by atomic mass is 10.1. The number of aryl methyl sites for hydroxylation is 1. The molecule has 1 atom stereocenters. The molecule has 4 nitrogen and oxygen atoms in total. The van der Waals surface area contributed by atoms with Gasteiger partial charge in [0.1, 0.15) is 27.6 Å². The number of nitrogens with one attached hydrogen (secondary N) is 1. The summed E-state index contributed by atoms with van der Waals surface area (Å²) in [7, 11) is 0. The molecule has 30 heavy (non-hydrogen) atoms. The number of carbonyl (C=O) groups is 1. The Morgan fingerprint density at radius 1 is 1.17 bits per heavy atom. The third kappa shape index (κ3) is 4.46. The highest BCUT2D eigenvalue weighted by atomic mass is 32.1. The molecule has 1 unspecified atom stereocenters. The van der Waals surface area contributed by atoms with E-state index in [0.29, 0.717) is 22.3 Å². The Bertz CT molecular complexity index is 1130. The van der Waals surface area contributed by atoms with E-state index < -0.39 is 35.3 Å². The Labute approximate surface area is 171 Å². The van der Waals surface area contributed by atoms with E-state index in [1.54, 1.807) is 6.07 Å². The Kier molecular flexibility index (Phi) is 5.85. The standard InChI is InChI=1S/C20H12F5N3OS/c1-10-17(18(29)28-16(9-26)14-7-6-13(21)8-15(14)22)30-19(27-10)11-2-4-12(5-3-11)20(23,24)25/h2-8,16H,1H3,(H,28,29). The van der Waals surface area contributed by atoms with Crippen LogP contribution in [-0.2, 0) is 6.18 Å². The van der Waals surface area contributed by atoms with Crippen molar-refractivity contribution in [3.8, 4) is 16.6 Å². The van der Waals surface area contributed by atoms with E-state index in [1.165, 1.54) is 19.1 Å². The summed E-state index contributed by atoms with van der Waals surface area (Å²) in [5.41, 5.74) is -0.326. The lowest BCUT2D eigenvalue weighted by Crippen LogP contribution is -2.28. The SMILES string of the molecule is Cc1nc(-c2ccc(C(F)(F)F)cc2)sc1C(=O)NC(C#N)c1ccc(F)cc1F. The molecule has 10 heteroatoms. The van der Waals surface area contributed by atoms with Crippen molar-refractivity contribution >= 4 is 17.2 Å². The van der Waals surface area contributed by atoms with Crippen molar-refractivity contribution < 1.29 is 26.7 Å². The van der Waals surface area contributed by atoms with Crippen LogP contribution in [0.4, 0.5) is 22.0 Å². The molecule has 2 aromatic carbocycles. The molecule has 0 saturated heterocycles. The zero-order valence-corrected chi connectivity index (χ0v) is 16.0. The molecule has 3 aromatic rings. The number of alkyl halides is 3. The number of benzene rings is 2. The van der Waals surface area contributed by atoms with Gasteiger partial charge in [-0.25, -0.2) is 13.8 Å². The van der Waals surface area contributed by atoms with Crippen LogP contribution in [0.2, 0.25) is 0 Å². The summed E-state index contributed by atoms with van der Waals surface area (Å²) in [6, 6.07) is 7.32. The van der Waals surface area contributed by atoms with Crippen LogP contribution in [0.1, 0.15) is 32.5 Å². The number of hydrogen-bond donors (Lipinski definition) is 1. The number of hydrogen-bond acceptors (Lipinski definition) is 4. The highest BCUT2D eigenvalue weighted by Gasteiger charge is 2.30. The van der Waals surface area contributed by atoms with Crippen molar-refractivity contribution in [3.05, 3.63) is 75.8 Å². The molecule has 0 bridgehead atoms. The molecule has 1 aromatic heterocycles. The van der Waals surface area contributed by atoms with Crippen LogP contribution in [0.5, 0.6) is 0 Å². The van der Waals surface area contributed by atoms with Gasteiger partial charge in [0.15, 0.2) is 0 Å². The molecule has 1 amide bonds. The maximum atomic E-state index is 13.9. The first-order chi connectivity index (χ1) is 14.1. The summed E-state index contributed by atoms with van der Waals surface area (Å²) in [5, 5.41) is 12.0. The Morgan fingerprint density at radius 2 is 1.83 bits per heavy atom. The number of carbonyl (C=O) groups excluding carboxylic acids is 1. The van der Waals surface area contributed by atoms with Gasteiger partial charge >= 0.3 is 6.18 Å². The highest BCUT2D eigenvalue weighted by molar-refractivity contribution is 7.17. The molecule has 1 heterocycles. The second kappa shape index (κ2) is 8.20. The summed E-state index contributed by atoms with van der Waals surface area (Å²) in [6.45, 7) is 1.53. The van der Waals surface area contributed by atoms with E-state index in [0.717, 1.165) is 35.6 Å². The first-order valence-electron chi connectivity index (χ1n) is 8.40. The lowest BCUT2D eigenvalue weighted by Gasteiger charge is -2.12. The maximum Gasteiger partial charge on any atom is 0.416 e. The van der Waals surface area contributed by atoms with Crippen LogP contribution >= 0.6 is 11.3 Å². The smallest absolute Gasteiger partial charge is 0.332 e. The number of rotatable bonds is 4. The van der Waals surface area contributed by atoms with E-state index in [4.69, 9.17) is 0 Å². The first-order valence-corrected chi connectivity index (χ1v) is 9.22. The molecule has 1 N–H and O–H groups in total. The summed E-state index contributed by atoms with van der Waals surface area (Å²) in [6.07, 6.45) is -4.47. The summed E-state index contributed by atoms with van der Waals surface area (Å²) >= 11 is 0.921. The molecule has 0 saturated carbocycles. The van der Waals surface area contributed by atoms with Gasteiger partial charge in [0.05, 0.1) is 17.3 Å². The molecular formula is C20H12F5N3OS. The quantitative estimate of drug-likeness (QED) is 0.555. The fourth-order valence-corrected chi connectivity index (χ4v) is 3.62. The van der Waals surface area contributed by atoms with Crippen molar-refractivity contribution in [3.63, 3.8) is 0 Å². The normalized spacial score (nSPS) is 12.3. The van der Waals surface area contributed by atoms with Gasteiger partial charge in [0.25, 0.3) is 5.91 Å². The molecule has 0 fully saturated rings. The number of halogens is 5. The van der Waals surface area contributed by atoms with Gasteiger partial charge in [-0.15, -0.1) is 11.3 Å². The zero-order chi connectivity index (χ0) is 22.1. The van der Waals surface area contributed by atoms with E-state index >= 15 is 0 Å². The van der Waals surface area contributed by atoms with Gasteiger partial charge in [0.2, 0.25) is 0 Å². The third-order valence-corrected chi connectivity index (χ3v) is 5.35. The second-order valence-electron chi connectivity index (χ2n) is 6.21. The van der Waals surface area contributed by atoms with E-state index in [9.17, 15) is 32.0 Å². The van der Waals surface area contributed by atoms with Crippen LogP contribution in [0.3, 0.4) is 0 Å². The van der Waals surface area contributed by atoms with Crippen molar-refractivity contribution in [1.82, 2.24) is 10.3 Å². The van der Waals surface area contributed by atoms with Crippen LogP contribution in [0.15, 0.2) is 42.5 Å². The third-order valence-electron chi connectivity index (χ3n) is 4.14. The molecule has 0 aliphatic carbocycles. The minimum absolute atomic E-state index is 0.118. The Hall–Kier alpha value is -3.32. The van der Waals surface area contributed by atoms with Crippen LogP contribution in [0, 0.1) is 29.9 Å². The molecule has 0 spiro atoms. The molecule has 0 radical (unpaired) electrons. The van der Waals surface area contributed by atoms with Gasteiger partial charge in [0, 0.05) is 17.2 Å². The average molecular weight is 437 g/mol. The van der Waals surface area contributed by atoms with Gasteiger partial charge in [-0.2, -0.15) is 18.4 Å². The molecule has 0 aliphatic rings. The number of amides is 1. The molecule has 154 valence electrons. The van der Waals surface area contributed by atoms with Crippen molar-refractivity contribution in [2.75, 3.05) is 0 Å². The van der Waals surface area contributed by atoms with E-state index in [1.807, 2.05) is 0 Å². The largest absolute Gasteiger partial charge is 0.416 e. The predicted octanol–water partition coefficient (Wildman–Crippen LogP) is 5.41. The summed E-state index contributed by atoms with van der Waals surface area (Å²) in [5.74, 6) is -2.51. The van der Waals surface area contributed by atoms with E-state index in [-0.39, 0.29) is 10.4 Å². The number of nitrogens with zero attached hydrogens (tertiary/aromatic N) is 2. The first kappa shape index (κ1) is 21.4. The van der Waals surface area contributed by atoms with Crippen LogP contribution in [-0.4, -0.2) is 10.9 Å².